The minimum absolute atomic E-state index is 0. The van der Waals surface area contributed by atoms with Crippen LogP contribution in [-0.2, 0) is 6.54 Å². The molecular formula is C9H17ClN4S. The van der Waals surface area contributed by atoms with Gasteiger partial charge in [-0.15, -0.1) is 17.5 Å². The summed E-state index contributed by atoms with van der Waals surface area (Å²) >= 11 is 1.42. The summed E-state index contributed by atoms with van der Waals surface area (Å²) < 4.78 is 3.87. The van der Waals surface area contributed by atoms with Crippen molar-refractivity contribution in [3.05, 3.63) is 11.1 Å². The Morgan fingerprint density at radius 3 is 3.00 bits per heavy atom. The van der Waals surface area contributed by atoms with Gasteiger partial charge in [0.05, 0.1) is 5.69 Å². The van der Waals surface area contributed by atoms with E-state index in [9.17, 15) is 0 Å². The molecule has 1 aromatic rings. The first-order chi connectivity index (χ1) is 6.79. The Bertz CT molecular complexity index is 280. The summed E-state index contributed by atoms with van der Waals surface area (Å²) in [5.74, 6) is 0.664. The molecule has 0 radical (unpaired) electrons. The van der Waals surface area contributed by atoms with Crippen molar-refractivity contribution in [1.82, 2.24) is 14.5 Å². The lowest BCUT2D eigenvalue weighted by molar-refractivity contribution is 0.253. The van der Waals surface area contributed by atoms with Gasteiger partial charge in [0.2, 0.25) is 0 Å². The van der Waals surface area contributed by atoms with Crippen molar-refractivity contribution in [2.24, 2.45) is 11.7 Å². The summed E-state index contributed by atoms with van der Waals surface area (Å²) in [7, 11) is 0. The van der Waals surface area contributed by atoms with E-state index in [0.717, 1.165) is 25.3 Å². The third-order valence-electron chi connectivity index (χ3n) is 2.89. The average Bonchev–Trinajstić information content (AvgIpc) is 2.78. The molecule has 2 rings (SSSR count). The molecule has 1 aromatic heterocycles. The van der Waals surface area contributed by atoms with E-state index >= 15 is 0 Å². The van der Waals surface area contributed by atoms with Gasteiger partial charge in [-0.3, -0.25) is 4.90 Å². The summed E-state index contributed by atoms with van der Waals surface area (Å²) in [5.41, 5.74) is 6.76. The minimum Gasteiger partial charge on any atom is -0.330 e. The molecule has 2 unspecified atom stereocenters. The molecule has 2 N–H and O–H groups in total. The SMILES string of the molecule is CC1CC(CN)CN1Cc1csnn1.Cl. The fraction of sp³-hybridized carbons (Fsp3) is 0.778. The fourth-order valence-electron chi connectivity index (χ4n) is 2.07. The molecule has 1 saturated heterocycles. The molecule has 15 heavy (non-hydrogen) atoms. The lowest BCUT2D eigenvalue weighted by atomic mass is 10.1. The van der Waals surface area contributed by atoms with Crippen molar-refractivity contribution in [2.75, 3.05) is 13.1 Å². The normalized spacial score (nSPS) is 26.5. The second kappa shape index (κ2) is 5.75. The van der Waals surface area contributed by atoms with Crippen molar-refractivity contribution in [2.45, 2.75) is 25.9 Å². The van der Waals surface area contributed by atoms with Crippen molar-refractivity contribution < 1.29 is 0 Å². The van der Waals surface area contributed by atoms with E-state index in [1.807, 2.05) is 5.38 Å². The maximum Gasteiger partial charge on any atom is 0.0895 e. The van der Waals surface area contributed by atoms with Crippen molar-refractivity contribution in [3.8, 4) is 0 Å². The molecule has 0 spiro atoms. The highest BCUT2D eigenvalue weighted by molar-refractivity contribution is 7.03. The maximum absolute atomic E-state index is 5.68. The molecule has 2 atom stereocenters. The number of hydrogen-bond donors (Lipinski definition) is 1. The number of rotatable bonds is 3. The van der Waals surface area contributed by atoms with Gasteiger partial charge in [-0.1, -0.05) is 4.49 Å². The van der Waals surface area contributed by atoms with Crippen LogP contribution < -0.4 is 5.73 Å². The number of likely N-dealkylation sites (tertiary alicyclic amines) is 1. The van der Waals surface area contributed by atoms with E-state index < -0.39 is 0 Å². The molecule has 1 aliphatic rings. The number of nitrogens with zero attached hydrogens (tertiary/aromatic N) is 3. The van der Waals surface area contributed by atoms with Crippen molar-refractivity contribution in [1.29, 1.82) is 0 Å². The Kier molecular flexibility index (Phi) is 4.92. The molecule has 0 bridgehead atoms. The Hall–Kier alpha value is -0.230. The molecule has 0 aliphatic carbocycles. The third-order valence-corrected chi connectivity index (χ3v) is 3.45. The van der Waals surface area contributed by atoms with Crippen LogP contribution in [0.4, 0.5) is 0 Å². The third kappa shape index (κ3) is 3.11. The summed E-state index contributed by atoms with van der Waals surface area (Å²) in [6, 6.07) is 0.630. The van der Waals surface area contributed by atoms with E-state index in [2.05, 4.69) is 21.4 Å². The van der Waals surface area contributed by atoms with E-state index in [4.69, 9.17) is 5.73 Å². The van der Waals surface area contributed by atoms with Gasteiger partial charge in [-0.25, -0.2) is 0 Å². The van der Waals surface area contributed by atoms with Gasteiger partial charge in [0.25, 0.3) is 0 Å². The second-order valence-corrected chi connectivity index (χ2v) is 4.62. The van der Waals surface area contributed by atoms with Crippen LogP contribution in [0.3, 0.4) is 0 Å². The van der Waals surface area contributed by atoms with E-state index in [0.29, 0.717) is 12.0 Å². The van der Waals surface area contributed by atoms with Crippen LogP contribution in [0.2, 0.25) is 0 Å². The van der Waals surface area contributed by atoms with Gasteiger partial charge in [0.1, 0.15) is 0 Å². The Morgan fingerprint density at radius 2 is 2.47 bits per heavy atom. The van der Waals surface area contributed by atoms with E-state index in [1.165, 1.54) is 18.0 Å². The Balaban J connectivity index is 0.00000112. The highest BCUT2D eigenvalue weighted by atomic mass is 35.5. The largest absolute Gasteiger partial charge is 0.330 e. The topological polar surface area (TPSA) is 55.0 Å². The number of aromatic nitrogens is 2. The molecule has 1 fully saturated rings. The van der Waals surface area contributed by atoms with Crippen molar-refractivity contribution >= 4 is 23.9 Å². The van der Waals surface area contributed by atoms with Gasteiger partial charge >= 0.3 is 0 Å². The standard InChI is InChI=1S/C9H16N4S.ClH/c1-7-2-8(3-10)4-13(7)5-9-6-14-12-11-9;/h6-8H,2-5,10H2,1H3;1H. The summed E-state index contributed by atoms with van der Waals surface area (Å²) in [4.78, 5) is 2.44. The number of nitrogens with two attached hydrogens (primary N) is 1. The quantitative estimate of drug-likeness (QED) is 0.871. The molecule has 2 heterocycles. The first-order valence-electron chi connectivity index (χ1n) is 4.99. The fourth-order valence-corrected chi connectivity index (χ4v) is 2.51. The molecule has 1 aliphatic heterocycles. The van der Waals surface area contributed by atoms with Crippen LogP contribution in [0.1, 0.15) is 19.0 Å². The summed E-state index contributed by atoms with van der Waals surface area (Å²) in [6.07, 6.45) is 1.22. The van der Waals surface area contributed by atoms with Gasteiger partial charge in [0.15, 0.2) is 0 Å². The van der Waals surface area contributed by atoms with Gasteiger partial charge < -0.3 is 5.73 Å². The first kappa shape index (κ1) is 12.8. The molecule has 86 valence electrons. The second-order valence-electron chi connectivity index (χ2n) is 4.01. The Labute approximate surface area is 100 Å². The predicted octanol–water partition coefficient (Wildman–Crippen LogP) is 1.13. The van der Waals surface area contributed by atoms with Crippen LogP contribution in [0, 0.1) is 5.92 Å². The molecule has 0 aromatic carbocycles. The van der Waals surface area contributed by atoms with Gasteiger partial charge in [-0.05, 0) is 37.3 Å². The zero-order valence-corrected chi connectivity index (χ0v) is 10.4. The number of halogens is 1. The van der Waals surface area contributed by atoms with Crippen molar-refractivity contribution in [3.63, 3.8) is 0 Å². The monoisotopic (exact) mass is 248 g/mol. The van der Waals surface area contributed by atoms with Crippen LogP contribution >= 0.6 is 23.9 Å². The Morgan fingerprint density at radius 1 is 1.67 bits per heavy atom. The average molecular weight is 249 g/mol. The first-order valence-corrected chi connectivity index (χ1v) is 5.83. The lowest BCUT2D eigenvalue weighted by Gasteiger charge is -2.19. The van der Waals surface area contributed by atoms with E-state index in [1.54, 1.807) is 0 Å². The minimum atomic E-state index is 0. The maximum atomic E-state index is 5.68. The molecule has 6 heteroatoms. The van der Waals surface area contributed by atoms with Crippen LogP contribution in [-0.4, -0.2) is 33.6 Å². The van der Waals surface area contributed by atoms with Crippen LogP contribution in [0.15, 0.2) is 5.38 Å². The molecular weight excluding hydrogens is 232 g/mol. The summed E-state index contributed by atoms with van der Waals surface area (Å²) in [6.45, 7) is 5.09. The lowest BCUT2D eigenvalue weighted by Crippen LogP contribution is -2.27. The van der Waals surface area contributed by atoms with Crippen LogP contribution in [0.5, 0.6) is 0 Å². The summed E-state index contributed by atoms with van der Waals surface area (Å²) in [5, 5.41) is 6.08. The highest BCUT2D eigenvalue weighted by Crippen LogP contribution is 2.23. The smallest absolute Gasteiger partial charge is 0.0895 e. The molecule has 4 nitrogen and oxygen atoms in total. The highest BCUT2D eigenvalue weighted by Gasteiger charge is 2.28. The predicted molar refractivity (Wildman–Crippen MR) is 64.2 cm³/mol. The number of hydrogen-bond acceptors (Lipinski definition) is 5. The zero-order valence-electron chi connectivity index (χ0n) is 8.80. The molecule has 0 saturated carbocycles. The van der Waals surface area contributed by atoms with Crippen LogP contribution in [0.25, 0.3) is 0 Å². The molecule has 0 amide bonds. The van der Waals surface area contributed by atoms with Gasteiger partial charge in [0, 0.05) is 24.5 Å². The van der Waals surface area contributed by atoms with Gasteiger partial charge in [-0.2, -0.15) is 0 Å². The zero-order chi connectivity index (χ0) is 9.97. The van der Waals surface area contributed by atoms with E-state index in [-0.39, 0.29) is 12.4 Å².